The second-order valence-corrected chi connectivity index (χ2v) is 5.98. The van der Waals surface area contributed by atoms with Crippen LogP contribution in [0.1, 0.15) is 30.7 Å². The van der Waals surface area contributed by atoms with Crippen molar-refractivity contribution in [1.82, 2.24) is 9.97 Å². The van der Waals surface area contributed by atoms with Crippen LogP contribution in [0.4, 0.5) is 11.6 Å². The molecule has 0 aliphatic rings. The predicted molar refractivity (Wildman–Crippen MR) is 86.7 cm³/mol. The van der Waals surface area contributed by atoms with Crippen LogP contribution in [0.25, 0.3) is 0 Å². The monoisotopic (exact) mass is 290 g/mol. The average Bonchev–Trinajstić information content (AvgIpc) is 2.92. The molecule has 0 saturated heterocycles. The van der Waals surface area contributed by atoms with Crippen molar-refractivity contribution in [1.29, 1.82) is 0 Å². The van der Waals surface area contributed by atoms with Gasteiger partial charge in [0.2, 0.25) is 0 Å². The second-order valence-electron chi connectivity index (χ2n) is 4.95. The lowest BCUT2D eigenvalue weighted by molar-refractivity contribution is 0.791. The first-order chi connectivity index (χ1) is 9.70. The summed E-state index contributed by atoms with van der Waals surface area (Å²) in [7, 11) is 0. The van der Waals surface area contributed by atoms with E-state index in [2.05, 4.69) is 58.9 Å². The van der Waals surface area contributed by atoms with E-state index >= 15 is 0 Å². The van der Waals surface area contributed by atoms with Gasteiger partial charge in [-0.25, -0.2) is 9.97 Å². The molecule has 0 aliphatic carbocycles. The smallest absolute Gasteiger partial charge is 0.134 e. The number of nitrogens with zero attached hydrogens (tertiary/aromatic N) is 2. The van der Waals surface area contributed by atoms with E-state index in [1.807, 2.05) is 0 Å². The third kappa shape index (κ3) is 3.93. The molecule has 5 heteroatoms. The van der Waals surface area contributed by atoms with Gasteiger partial charge in [-0.15, -0.1) is 11.3 Å². The average molecular weight is 290 g/mol. The third-order valence-electron chi connectivity index (χ3n) is 3.10. The molecule has 0 radical (unpaired) electrons. The van der Waals surface area contributed by atoms with Gasteiger partial charge in [0.25, 0.3) is 0 Å². The van der Waals surface area contributed by atoms with Crippen molar-refractivity contribution < 1.29 is 0 Å². The Labute approximate surface area is 124 Å². The van der Waals surface area contributed by atoms with Crippen molar-refractivity contribution in [3.63, 3.8) is 0 Å². The number of hydrogen-bond acceptors (Lipinski definition) is 5. The van der Waals surface area contributed by atoms with Gasteiger partial charge in [0.05, 0.1) is 0 Å². The zero-order valence-electron chi connectivity index (χ0n) is 12.3. The van der Waals surface area contributed by atoms with E-state index in [0.717, 1.165) is 36.6 Å². The molecule has 0 bridgehead atoms. The van der Waals surface area contributed by atoms with Crippen molar-refractivity contribution in [2.24, 2.45) is 0 Å². The quantitative estimate of drug-likeness (QED) is 0.816. The number of aromatic nitrogens is 2. The molecule has 1 unspecified atom stereocenters. The molecule has 2 N–H and O–H groups in total. The van der Waals surface area contributed by atoms with E-state index in [1.54, 1.807) is 17.7 Å². The molecule has 2 aromatic heterocycles. The minimum atomic E-state index is 0.348. The van der Waals surface area contributed by atoms with Gasteiger partial charge in [-0.05, 0) is 31.7 Å². The van der Waals surface area contributed by atoms with Crippen LogP contribution in [0.15, 0.2) is 23.8 Å². The first kappa shape index (κ1) is 14.8. The normalized spacial score (nSPS) is 12.2. The SMILES string of the molecule is CCCNc1ncnc(NC(C)Cc2cccs2)c1C. The Morgan fingerprint density at radius 2 is 2.10 bits per heavy atom. The molecule has 2 heterocycles. The fraction of sp³-hybridized carbons (Fsp3) is 0.467. The molecule has 2 rings (SSSR count). The summed E-state index contributed by atoms with van der Waals surface area (Å²) in [5, 5.41) is 8.93. The molecular weight excluding hydrogens is 268 g/mol. The first-order valence-corrected chi connectivity index (χ1v) is 7.93. The van der Waals surface area contributed by atoms with Crippen LogP contribution < -0.4 is 10.6 Å². The van der Waals surface area contributed by atoms with Gasteiger partial charge in [-0.1, -0.05) is 13.0 Å². The maximum Gasteiger partial charge on any atom is 0.134 e. The highest BCUT2D eigenvalue weighted by molar-refractivity contribution is 7.09. The molecule has 0 saturated carbocycles. The van der Waals surface area contributed by atoms with Gasteiger partial charge in [-0.2, -0.15) is 0 Å². The summed E-state index contributed by atoms with van der Waals surface area (Å²) in [6, 6.07) is 4.61. The Morgan fingerprint density at radius 3 is 2.80 bits per heavy atom. The fourth-order valence-electron chi connectivity index (χ4n) is 2.03. The summed E-state index contributed by atoms with van der Waals surface area (Å²) in [4.78, 5) is 10.0. The molecule has 0 aliphatic heterocycles. The Morgan fingerprint density at radius 1 is 1.30 bits per heavy atom. The van der Waals surface area contributed by atoms with Crippen LogP contribution in [0, 0.1) is 6.92 Å². The van der Waals surface area contributed by atoms with Crippen LogP contribution >= 0.6 is 11.3 Å². The minimum absolute atomic E-state index is 0.348. The molecule has 0 amide bonds. The van der Waals surface area contributed by atoms with Crippen LogP contribution in [0.3, 0.4) is 0 Å². The van der Waals surface area contributed by atoms with Crippen LogP contribution in [0.2, 0.25) is 0 Å². The van der Waals surface area contributed by atoms with Crippen molar-refractivity contribution in [3.8, 4) is 0 Å². The Balaban J connectivity index is 2.01. The number of anilines is 2. The molecule has 0 spiro atoms. The summed E-state index contributed by atoms with van der Waals surface area (Å²) < 4.78 is 0. The molecule has 20 heavy (non-hydrogen) atoms. The largest absolute Gasteiger partial charge is 0.370 e. The van der Waals surface area contributed by atoms with E-state index in [0.29, 0.717) is 6.04 Å². The van der Waals surface area contributed by atoms with E-state index in [4.69, 9.17) is 0 Å². The zero-order valence-corrected chi connectivity index (χ0v) is 13.1. The molecule has 4 nitrogen and oxygen atoms in total. The second kappa shape index (κ2) is 7.24. The Kier molecular flexibility index (Phi) is 5.35. The summed E-state index contributed by atoms with van der Waals surface area (Å²) in [5.41, 5.74) is 1.08. The molecule has 1 atom stereocenters. The number of nitrogens with one attached hydrogen (secondary N) is 2. The summed E-state index contributed by atoms with van der Waals surface area (Å²) >= 11 is 1.80. The van der Waals surface area contributed by atoms with Gasteiger partial charge in [0.1, 0.15) is 18.0 Å². The van der Waals surface area contributed by atoms with Gasteiger partial charge in [0, 0.05) is 29.4 Å². The highest BCUT2D eigenvalue weighted by Gasteiger charge is 2.10. The van der Waals surface area contributed by atoms with Crippen LogP contribution in [0.5, 0.6) is 0 Å². The molecule has 0 fully saturated rings. The van der Waals surface area contributed by atoms with Crippen molar-refractivity contribution >= 4 is 23.0 Å². The number of rotatable bonds is 7. The highest BCUT2D eigenvalue weighted by Crippen LogP contribution is 2.20. The highest BCUT2D eigenvalue weighted by atomic mass is 32.1. The third-order valence-corrected chi connectivity index (χ3v) is 4.00. The predicted octanol–water partition coefficient (Wildman–Crippen LogP) is 3.71. The van der Waals surface area contributed by atoms with Crippen molar-refractivity contribution in [2.45, 2.75) is 39.7 Å². The molecule has 2 aromatic rings. The van der Waals surface area contributed by atoms with E-state index in [-0.39, 0.29) is 0 Å². The zero-order chi connectivity index (χ0) is 14.4. The van der Waals surface area contributed by atoms with E-state index in [9.17, 15) is 0 Å². The van der Waals surface area contributed by atoms with Gasteiger partial charge in [0.15, 0.2) is 0 Å². The first-order valence-electron chi connectivity index (χ1n) is 7.05. The van der Waals surface area contributed by atoms with Crippen molar-refractivity contribution in [3.05, 3.63) is 34.3 Å². The van der Waals surface area contributed by atoms with Gasteiger partial charge >= 0.3 is 0 Å². The molecule has 108 valence electrons. The van der Waals surface area contributed by atoms with Crippen molar-refractivity contribution in [2.75, 3.05) is 17.2 Å². The lowest BCUT2D eigenvalue weighted by Gasteiger charge is -2.17. The van der Waals surface area contributed by atoms with Gasteiger partial charge in [-0.3, -0.25) is 0 Å². The van der Waals surface area contributed by atoms with Crippen LogP contribution in [-0.2, 0) is 6.42 Å². The number of hydrogen-bond donors (Lipinski definition) is 2. The Bertz CT molecular complexity index is 525. The standard InChI is InChI=1S/C15H22N4S/c1-4-7-16-14-12(3)15(18-10-17-14)19-11(2)9-13-6-5-8-20-13/h5-6,8,10-11H,4,7,9H2,1-3H3,(H2,16,17,18,19). The minimum Gasteiger partial charge on any atom is -0.370 e. The topological polar surface area (TPSA) is 49.8 Å². The van der Waals surface area contributed by atoms with Gasteiger partial charge < -0.3 is 10.6 Å². The summed E-state index contributed by atoms with van der Waals surface area (Å²) in [6.45, 7) is 7.31. The van der Waals surface area contributed by atoms with E-state index < -0.39 is 0 Å². The summed E-state index contributed by atoms with van der Waals surface area (Å²) in [6.07, 6.45) is 3.71. The lowest BCUT2D eigenvalue weighted by atomic mass is 10.2. The fourth-order valence-corrected chi connectivity index (χ4v) is 2.87. The summed E-state index contributed by atoms with van der Waals surface area (Å²) in [5.74, 6) is 1.84. The van der Waals surface area contributed by atoms with E-state index in [1.165, 1.54) is 4.88 Å². The molecule has 0 aromatic carbocycles. The maximum atomic E-state index is 4.36. The lowest BCUT2D eigenvalue weighted by Crippen LogP contribution is -2.19. The van der Waals surface area contributed by atoms with Crippen LogP contribution in [-0.4, -0.2) is 22.6 Å². The number of thiophene rings is 1. The molecular formula is C15H22N4S. The maximum absolute atomic E-state index is 4.36. The Hall–Kier alpha value is -1.62.